The molecule has 9 nitrogen and oxygen atoms in total. The highest BCUT2D eigenvalue weighted by molar-refractivity contribution is 6.22. The van der Waals surface area contributed by atoms with Crippen molar-refractivity contribution in [3.63, 3.8) is 0 Å². The van der Waals surface area contributed by atoms with Gasteiger partial charge in [-0.25, -0.2) is 0 Å². The van der Waals surface area contributed by atoms with Crippen molar-refractivity contribution < 1.29 is 29.2 Å². The molecule has 0 spiro atoms. The molecule has 2 amide bonds. The zero-order valence-electron chi connectivity index (χ0n) is 11.1. The quantitative estimate of drug-likeness (QED) is 0.451. The molecule has 0 aliphatic carbocycles. The van der Waals surface area contributed by atoms with Gasteiger partial charge >= 0.3 is 0 Å². The second-order valence-corrected chi connectivity index (χ2v) is 4.96. The maximum atomic E-state index is 11.9. The number of ether oxygens (including phenoxy) is 1. The maximum Gasteiger partial charge on any atom is 0.270 e. The molecule has 0 aromatic heterocycles. The first kappa shape index (κ1) is 14.3. The molecule has 0 saturated carbocycles. The number of fused-ring (bicyclic) bond motifs is 1. The summed E-state index contributed by atoms with van der Waals surface area (Å²) in [5, 5.41) is 22.1. The first-order chi connectivity index (χ1) is 10.4. The number of nitro benzene ring substituents is 1. The number of benzene rings is 1. The van der Waals surface area contributed by atoms with Crippen LogP contribution in [0.25, 0.3) is 0 Å². The van der Waals surface area contributed by atoms with Gasteiger partial charge in [-0.15, -0.1) is 0 Å². The van der Waals surface area contributed by atoms with Crippen molar-refractivity contribution in [3.05, 3.63) is 38.9 Å². The number of hydrogen-bond acceptors (Lipinski definition) is 7. The Morgan fingerprint density at radius 3 is 2.64 bits per heavy atom. The third-order valence-electron chi connectivity index (χ3n) is 3.65. The monoisotopic (exact) mass is 306 g/mol. The molecular weight excluding hydrogens is 296 g/mol. The Balaban J connectivity index is 2.13. The molecule has 0 radical (unpaired) electrons. The van der Waals surface area contributed by atoms with Crippen molar-refractivity contribution in [1.29, 1.82) is 0 Å². The molecule has 1 saturated heterocycles. The van der Waals surface area contributed by atoms with Gasteiger partial charge in [-0.2, -0.15) is 0 Å². The van der Waals surface area contributed by atoms with Gasteiger partial charge in [0, 0.05) is 24.1 Å². The fourth-order valence-corrected chi connectivity index (χ4v) is 2.64. The number of aliphatic hydroxyl groups excluding tert-OH is 1. The third kappa shape index (κ3) is 2.07. The van der Waals surface area contributed by atoms with Crippen LogP contribution in [-0.2, 0) is 9.53 Å². The van der Waals surface area contributed by atoms with E-state index in [-0.39, 0.29) is 34.6 Å². The van der Waals surface area contributed by atoms with E-state index in [0.29, 0.717) is 0 Å². The van der Waals surface area contributed by atoms with Crippen LogP contribution in [0.1, 0.15) is 38.8 Å². The lowest BCUT2D eigenvalue weighted by Gasteiger charge is -2.13. The molecule has 114 valence electrons. The predicted molar refractivity (Wildman–Crippen MR) is 69.2 cm³/mol. The second-order valence-electron chi connectivity index (χ2n) is 4.96. The van der Waals surface area contributed by atoms with Gasteiger partial charge in [0.2, 0.25) is 0 Å². The summed E-state index contributed by atoms with van der Waals surface area (Å²) >= 11 is 0. The summed E-state index contributed by atoms with van der Waals surface area (Å²) in [4.78, 5) is 45.5. The van der Waals surface area contributed by atoms with Crippen LogP contribution in [0.2, 0.25) is 0 Å². The van der Waals surface area contributed by atoms with Gasteiger partial charge in [-0.05, 0) is 0 Å². The number of nitro groups is 1. The molecule has 2 aliphatic rings. The zero-order valence-corrected chi connectivity index (χ0v) is 11.1. The molecule has 1 aromatic carbocycles. The summed E-state index contributed by atoms with van der Waals surface area (Å²) in [6.45, 7) is -0.516. The van der Waals surface area contributed by atoms with E-state index in [2.05, 4.69) is 5.32 Å². The number of imide groups is 1. The van der Waals surface area contributed by atoms with E-state index in [0.717, 1.165) is 12.1 Å². The smallest absolute Gasteiger partial charge is 0.270 e. The largest absolute Gasteiger partial charge is 0.393 e. The Labute approximate surface area is 123 Å². The maximum absolute atomic E-state index is 11.9. The summed E-state index contributed by atoms with van der Waals surface area (Å²) in [6.07, 6.45) is -2.06. The molecular formula is C13H10N2O7. The van der Waals surface area contributed by atoms with Gasteiger partial charge in [-0.3, -0.25) is 29.8 Å². The minimum absolute atomic E-state index is 0.0213. The molecule has 3 rings (SSSR count). The number of carbonyl (C=O) groups excluding carboxylic acids is 3. The Morgan fingerprint density at radius 1 is 1.32 bits per heavy atom. The summed E-state index contributed by atoms with van der Waals surface area (Å²) < 4.78 is 5.34. The van der Waals surface area contributed by atoms with E-state index in [1.165, 1.54) is 0 Å². The van der Waals surface area contributed by atoms with E-state index < -0.39 is 35.6 Å². The number of nitrogens with one attached hydrogen (secondary N) is 1. The van der Waals surface area contributed by atoms with E-state index >= 15 is 0 Å². The predicted octanol–water partition coefficient (Wildman–Crippen LogP) is -0.130. The lowest BCUT2D eigenvalue weighted by Crippen LogP contribution is -2.21. The minimum Gasteiger partial charge on any atom is -0.393 e. The highest BCUT2D eigenvalue weighted by atomic mass is 16.6. The zero-order chi connectivity index (χ0) is 16.0. The number of carbonyl (C=O) groups is 3. The second kappa shape index (κ2) is 4.97. The summed E-state index contributed by atoms with van der Waals surface area (Å²) in [6, 6.07) is 2.13. The van der Waals surface area contributed by atoms with Crippen molar-refractivity contribution in [2.24, 2.45) is 0 Å². The van der Waals surface area contributed by atoms with E-state index in [9.17, 15) is 24.5 Å². The van der Waals surface area contributed by atoms with E-state index in [4.69, 9.17) is 9.84 Å². The molecule has 1 aromatic rings. The lowest BCUT2D eigenvalue weighted by molar-refractivity contribution is -0.385. The van der Waals surface area contributed by atoms with Gasteiger partial charge in [-0.1, -0.05) is 0 Å². The SMILES string of the molecule is O=C1NC(=O)c2c1cc([N+](=O)[O-])cc2[C@H]1CC(=O)[C@@H](CO)O1. The van der Waals surface area contributed by atoms with Crippen LogP contribution >= 0.6 is 0 Å². The molecule has 2 atom stereocenters. The van der Waals surface area contributed by atoms with Crippen LogP contribution in [0.5, 0.6) is 0 Å². The van der Waals surface area contributed by atoms with Crippen LogP contribution in [0.15, 0.2) is 12.1 Å². The summed E-state index contributed by atoms with van der Waals surface area (Å²) in [5.74, 6) is -1.78. The Kier molecular flexibility index (Phi) is 3.23. The van der Waals surface area contributed by atoms with Gasteiger partial charge in [0.25, 0.3) is 17.5 Å². The molecule has 0 bridgehead atoms. The van der Waals surface area contributed by atoms with Crippen LogP contribution in [-0.4, -0.2) is 40.3 Å². The number of rotatable bonds is 3. The molecule has 2 heterocycles. The van der Waals surface area contributed by atoms with Crippen molar-refractivity contribution in [2.45, 2.75) is 18.6 Å². The first-order valence-electron chi connectivity index (χ1n) is 6.39. The van der Waals surface area contributed by atoms with Gasteiger partial charge in [0.1, 0.15) is 6.10 Å². The third-order valence-corrected chi connectivity index (χ3v) is 3.65. The molecule has 9 heteroatoms. The molecule has 22 heavy (non-hydrogen) atoms. The van der Waals surface area contributed by atoms with Crippen LogP contribution in [0, 0.1) is 10.1 Å². The average Bonchev–Trinajstić information content (AvgIpc) is 2.99. The molecule has 1 fully saturated rings. The summed E-state index contributed by atoms with van der Waals surface area (Å²) in [7, 11) is 0. The van der Waals surface area contributed by atoms with Crippen LogP contribution < -0.4 is 5.32 Å². The number of ketones is 1. The standard InChI is InChI=1S/C13H10N2O7/c16-4-10-8(17)3-9(22-10)6-1-5(15(20)21)2-7-11(6)13(19)14-12(7)18/h1-2,9-10,16H,3-4H2,(H,14,18,19)/t9-,10-/m1/s1. The van der Waals surface area contributed by atoms with Gasteiger partial charge in [0.15, 0.2) is 5.78 Å². The average molecular weight is 306 g/mol. The topological polar surface area (TPSA) is 136 Å². The van der Waals surface area contributed by atoms with Crippen LogP contribution in [0.4, 0.5) is 5.69 Å². The van der Waals surface area contributed by atoms with Crippen molar-refractivity contribution in [3.8, 4) is 0 Å². The van der Waals surface area contributed by atoms with Gasteiger partial charge < -0.3 is 9.84 Å². The van der Waals surface area contributed by atoms with Crippen molar-refractivity contribution >= 4 is 23.3 Å². The number of Topliss-reactive ketones (excluding diaryl/α,β-unsaturated/α-hetero) is 1. The Morgan fingerprint density at radius 2 is 2.05 bits per heavy atom. The Hall–Kier alpha value is -2.65. The molecule has 2 N–H and O–H groups in total. The highest BCUT2D eigenvalue weighted by Gasteiger charge is 2.40. The fourth-order valence-electron chi connectivity index (χ4n) is 2.64. The first-order valence-corrected chi connectivity index (χ1v) is 6.39. The van der Waals surface area contributed by atoms with Crippen molar-refractivity contribution in [1.82, 2.24) is 5.32 Å². The van der Waals surface area contributed by atoms with E-state index in [1.54, 1.807) is 0 Å². The number of non-ortho nitro benzene ring substituents is 1. The van der Waals surface area contributed by atoms with E-state index in [1.807, 2.05) is 0 Å². The fraction of sp³-hybridized carbons (Fsp3) is 0.308. The highest BCUT2D eigenvalue weighted by Crippen LogP contribution is 2.37. The number of aliphatic hydroxyl groups is 1. The Bertz CT molecular complexity index is 727. The van der Waals surface area contributed by atoms with Crippen LogP contribution in [0.3, 0.4) is 0 Å². The number of amides is 2. The normalized spacial score (nSPS) is 23.6. The number of hydrogen-bond donors (Lipinski definition) is 2. The van der Waals surface area contributed by atoms with Gasteiger partial charge in [0.05, 0.1) is 28.8 Å². The summed E-state index contributed by atoms with van der Waals surface area (Å²) in [5.41, 5.74) is -0.399. The minimum atomic E-state index is -1.03. The molecule has 0 unspecified atom stereocenters. The van der Waals surface area contributed by atoms with Crippen molar-refractivity contribution in [2.75, 3.05) is 6.61 Å². The lowest BCUT2D eigenvalue weighted by atomic mass is 9.95. The molecule has 2 aliphatic heterocycles. The number of nitrogens with zero attached hydrogens (tertiary/aromatic N) is 1.